The summed E-state index contributed by atoms with van der Waals surface area (Å²) in [5, 5.41) is 2.70. The molecule has 1 aromatic heterocycles. The third-order valence-corrected chi connectivity index (χ3v) is 3.98. The fourth-order valence-corrected chi connectivity index (χ4v) is 2.62. The maximum Gasteiger partial charge on any atom is 0.278 e. The van der Waals surface area contributed by atoms with E-state index in [1.165, 1.54) is 18.6 Å². The van der Waals surface area contributed by atoms with E-state index in [0.29, 0.717) is 17.8 Å². The van der Waals surface area contributed by atoms with E-state index in [4.69, 9.17) is 0 Å². The molecule has 8 heteroatoms. The zero-order valence-electron chi connectivity index (χ0n) is 11.5. The Hall–Kier alpha value is -2.35. The van der Waals surface area contributed by atoms with Gasteiger partial charge in [0.2, 0.25) is 0 Å². The van der Waals surface area contributed by atoms with Crippen LogP contribution in [-0.4, -0.2) is 30.8 Å². The molecule has 0 saturated heterocycles. The van der Waals surface area contributed by atoms with Gasteiger partial charge in [-0.2, -0.15) is 8.42 Å². The number of hydrogen-bond acceptors (Lipinski definition) is 4. The number of nitrogens with one attached hydrogen (secondary N) is 3. The van der Waals surface area contributed by atoms with E-state index in [1.807, 2.05) is 6.92 Å². The van der Waals surface area contributed by atoms with Gasteiger partial charge in [-0.3, -0.25) is 9.52 Å². The predicted molar refractivity (Wildman–Crippen MR) is 78.5 cm³/mol. The Bertz CT molecular complexity index is 711. The first-order valence-corrected chi connectivity index (χ1v) is 7.90. The number of aromatic nitrogens is 2. The SMILES string of the molecule is CCCNC(=O)c1cccc(NS(=O)(=O)c2cnc[nH]2)c1. The van der Waals surface area contributed by atoms with E-state index in [9.17, 15) is 13.2 Å². The van der Waals surface area contributed by atoms with Gasteiger partial charge in [0.1, 0.15) is 0 Å². The Morgan fingerprint density at radius 3 is 2.86 bits per heavy atom. The van der Waals surface area contributed by atoms with E-state index in [2.05, 4.69) is 20.0 Å². The molecule has 0 unspecified atom stereocenters. The highest BCUT2D eigenvalue weighted by Gasteiger charge is 2.16. The number of carbonyl (C=O) groups is 1. The molecule has 7 nitrogen and oxygen atoms in total. The number of imidazole rings is 1. The van der Waals surface area contributed by atoms with Gasteiger partial charge < -0.3 is 10.3 Å². The van der Waals surface area contributed by atoms with Gasteiger partial charge in [-0.25, -0.2) is 4.98 Å². The maximum atomic E-state index is 12.0. The van der Waals surface area contributed by atoms with E-state index >= 15 is 0 Å². The lowest BCUT2D eigenvalue weighted by Crippen LogP contribution is -2.24. The van der Waals surface area contributed by atoms with Crippen LogP contribution in [0.15, 0.2) is 41.8 Å². The molecule has 21 heavy (non-hydrogen) atoms. The van der Waals surface area contributed by atoms with Crippen LogP contribution in [0.5, 0.6) is 0 Å². The summed E-state index contributed by atoms with van der Waals surface area (Å²) < 4.78 is 26.5. The molecule has 1 amide bonds. The van der Waals surface area contributed by atoms with Crippen LogP contribution in [0, 0.1) is 0 Å². The van der Waals surface area contributed by atoms with Gasteiger partial charge in [-0.1, -0.05) is 13.0 Å². The number of H-pyrrole nitrogens is 1. The molecule has 1 aromatic carbocycles. The molecule has 1 heterocycles. The summed E-state index contributed by atoms with van der Waals surface area (Å²) in [6.07, 6.45) is 3.32. The van der Waals surface area contributed by atoms with E-state index < -0.39 is 10.0 Å². The molecular weight excluding hydrogens is 292 g/mol. The second-order valence-corrected chi connectivity index (χ2v) is 6.01. The topological polar surface area (TPSA) is 104 Å². The molecule has 0 radical (unpaired) electrons. The average Bonchev–Trinajstić information content (AvgIpc) is 2.99. The van der Waals surface area contributed by atoms with Crippen LogP contribution in [0.3, 0.4) is 0 Å². The summed E-state index contributed by atoms with van der Waals surface area (Å²) in [6, 6.07) is 6.30. The summed E-state index contributed by atoms with van der Waals surface area (Å²) in [5.41, 5.74) is 0.710. The van der Waals surface area contributed by atoms with Gasteiger partial charge in [-0.15, -0.1) is 0 Å². The van der Waals surface area contributed by atoms with Gasteiger partial charge in [0, 0.05) is 17.8 Å². The Balaban J connectivity index is 2.17. The molecule has 0 atom stereocenters. The molecule has 0 saturated carbocycles. The normalized spacial score (nSPS) is 11.1. The standard InChI is InChI=1S/C13H16N4O3S/c1-2-6-15-13(18)10-4-3-5-11(7-10)17-21(19,20)12-8-14-9-16-12/h3-5,7-9,17H,2,6H2,1H3,(H,14,16)(H,15,18). The predicted octanol–water partition coefficient (Wildman–Crippen LogP) is 1.35. The zero-order chi connectivity index (χ0) is 15.3. The minimum atomic E-state index is -3.73. The third-order valence-electron chi connectivity index (χ3n) is 2.68. The lowest BCUT2D eigenvalue weighted by Gasteiger charge is -2.08. The number of amides is 1. The Kier molecular flexibility index (Phi) is 4.59. The minimum absolute atomic E-state index is 0.0386. The van der Waals surface area contributed by atoms with Crippen molar-refractivity contribution in [2.75, 3.05) is 11.3 Å². The first kappa shape index (κ1) is 15.0. The second kappa shape index (κ2) is 6.40. The number of aromatic amines is 1. The van der Waals surface area contributed by atoms with Crippen molar-refractivity contribution in [3.63, 3.8) is 0 Å². The molecular formula is C13H16N4O3S. The van der Waals surface area contributed by atoms with Crippen LogP contribution in [0.25, 0.3) is 0 Å². The number of anilines is 1. The van der Waals surface area contributed by atoms with E-state index in [1.54, 1.807) is 18.2 Å². The summed E-state index contributed by atoms with van der Waals surface area (Å²) in [4.78, 5) is 18.0. The smallest absolute Gasteiger partial charge is 0.278 e. The zero-order valence-corrected chi connectivity index (χ0v) is 12.3. The van der Waals surface area contributed by atoms with Crippen molar-refractivity contribution in [1.29, 1.82) is 0 Å². The molecule has 2 aromatic rings. The van der Waals surface area contributed by atoms with Crippen molar-refractivity contribution in [2.24, 2.45) is 0 Å². The fourth-order valence-electron chi connectivity index (χ4n) is 1.66. The number of benzene rings is 1. The van der Waals surface area contributed by atoms with Crippen LogP contribution in [0.4, 0.5) is 5.69 Å². The van der Waals surface area contributed by atoms with Gasteiger partial charge in [0.05, 0.1) is 12.5 Å². The number of hydrogen-bond donors (Lipinski definition) is 3. The molecule has 0 aliphatic rings. The van der Waals surface area contributed by atoms with Crippen molar-refractivity contribution >= 4 is 21.6 Å². The van der Waals surface area contributed by atoms with Crippen molar-refractivity contribution in [2.45, 2.75) is 18.4 Å². The van der Waals surface area contributed by atoms with Crippen molar-refractivity contribution in [3.05, 3.63) is 42.4 Å². The van der Waals surface area contributed by atoms with Gasteiger partial charge >= 0.3 is 0 Å². The van der Waals surface area contributed by atoms with Crippen LogP contribution in [0.1, 0.15) is 23.7 Å². The van der Waals surface area contributed by atoms with E-state index in [0.717, 1.165) is 6.42 Å². The molecule has 112 valence electrons. The average molecular weight is 308 g/mol. The number of rotatable bonds is 6. The Labute approximate surface area is 122 Å². The van der Waals surface area contributed by atoms with Crippen LogP contribution >= 0.6 is 0 Å². The first-order valence-electron chi connectivity index (χ1n) is 6.42. The fraction of sp³-hybridized carbons (Fsp3) is 0.231. The van der Waals surface area contributed by atoms with Gasteiger partial charge in [0.15, 0.2) is 5.03 Å². The lowest BCUT2D eigenvalue weighted by molar-refractivity contribution is 0.0953. The highest BCUT2D eigenvalue weighted by atomic mass is 32.2. The van der Waals surface area contributed by atoms with Gasteiger partial charge in [-0.05, 0) is 24.6 Å². The Morgan fingerprint density at radius 1 is 1.38 bits per heavy atom. The minimum Gasteiger partial charge on any atom is -0.352 e. The quantitative estimate of drug-likeness (QED) is 0.749. The number of sulfonamides is 1. The second-order valence-electron chi connectivity index (χ2n) is 4.36. The molecule has 0 aliphatic carbocycles. The number of nitrogens with zero attached hydrogens (tertiary/aromatic N) is 1. The molecule has 2 rings (SSSR count). The Morgan fingerprint density at radius 2 is 2.19 bits per heavy atom. The molecule has 0 fully saturated rings. The summed E-state index contributed by atoms with van der Waals surface area (Å²) in [7, 11) is -3.73. The molecule has 0 bridgehead atoms. The molecule has 0 aliphatic heterocycles. The van der Waals surface area contributed by atoms with Crippen molar-refractivity contribution in [1.82, 2.24) is 15.3 Å². The molecule has 3 N–H and O–H groups in total. The largest absolute Gasteiger partial charge is 0.352 e. The van der Waals surface area contributed by atoms with Crippen molar-refractivity contribution in [3.8, 4) is 0 Å². The summed E-state index contributed by atoms with van der Waals surface area (Å²) in [5.74, 6) is -0.237. The third kappa shape index (κ3) is 3.82. The highest BCUT2D eigenvalue weighted by Crippen LogP contribution is 2.15. The van der Waals surface area contributed by atoms with Crippen LogP contribution in [-0.2, 0) is 10.0 Å². The van der Waals surface area contributed by atoms with E-state index in [-0.39, 0.29) is 10.9 Å². The van der Waals surface area contributed by atoms with Crippen LogP contribution in [0.2, 0.25) is 0 Å². The first-order chi connectivity index (χ1) is 10.0. The van der Waals surface area contributed by atoms with Crippen molar-refractivity contribution < 1.29 is 13.2 Å². The monoisotopic (exact) mass is 308 g/mol. The highest BCUT2D eigenvalue weighted by molar-refractivity contribution is 7.92. The maximum absolute atomic E-state index is 12.0. The van der Waals surface area contributed by atoms with Crippen LogP contribution < -0.4 is 10.0 Å². The summed E-state index contributed by atoms with van der Waals surface area (Å²) >= 11 is 0. The molecule has 0 spiro atoms. The number of carbonyl (C=O) groups excluding carboxylic acids is 1. The van der Waals surface area contributed by atoms with Gasteiger partial charge in [0.25, 0.3) is 15.9 Å². The lowest BCUT2D eigenvalue weighted by atomic mass is 10.2. The summed E-state index contributed by atoms with van der Waals surface area (Å²) in [6.45, 7) is 2.53.